The molecule has 3 nitrogen and oxygen atoms in total. The Morgan fingerprint density at radius 1 is 1.31 bits per heavy atom. The summed E-state index contributed by atoms with van der Waals surface area (Å²) < 4.78 is 0. The first-order chi connectivity index (χ1) is 7.70. The SMILES string of the molecule is CCC1CC(N)=NN=C1c1ccc(Cl)cc1. The molecule has 2 rings (SSSR count). The fourth-order valence-corrected chi connectivity index (χ4v) is 1.97. The Kier molecular flexibility index (Phi) is 3.25. The molecule has 0 saturated heterocycles. The van der Waals surface area contributed by atoms with E-state index in [1.807, 2.05) is 24.3 Å². The van der Waals surface area contributed by atoms with Crippen LogP contribution >= 0.6 is 11.6 Å². The molecule has 0 spiro atoms. The topological polar surface area (TPSA) is 50.7 Å². The molecule has 1 aromatic carbocycles. The molecule has 0 aromatic heterocycles. The molecule has 0 radical (unpaired) electrons. The molecule has 1 atom stereocenters. The largest absolute Gasteiger partial charge is 0.386 e. The molecule has 2 N–H and O–H groups in total. The second-order valence-corrected chi connectivity index (χ2v) is 4.33. The van der Waals surface area contributed by atoms with Crippen molar-refractivity contribution in [2.75, 3.05) is 0 Å². The third-order valence-electron chi connectivity index (χ3n) is 2.76. The standard InChI is InChI=1S/C12H14ClN3/c1-2-8-7-11(14)15-16-12(8)9-3-5-10(13)6-4-9/h3-6,8H,2,7H2,1H3,(H2,14,15). The molecular formula is C12H14ClN3. The van der Waals surface area contributed by atoms with E-state index in [-0.39, 0.29) is 0 Å². The molecule has 0 saturated carbocycles. The number of amidine groups is 1. The van der Waals surface area contributed by atoms with Gasteiger partial charge in [0.25, 0.3) is 0 Å². The lowest BCUT2D eigenvalue weighted by Gasteiger charge is -2.19. The number of nitrogens with two attached hydrogens (primary N) is 1. The highest BCUT2D eigenvalue weighted by atomic mass is 35.5. The van der Waals surface area contributed by atoms with Crippen LogP contribution in [-0.2, 0) is 0 Å². The van der Waals surface area contributed by atoms with Crippen molar-refractivity contribution in [3.63, 3.8) is 0 Å². The zero-order chi connectivity index (χ0) is 11.5. The van der Waals surface area contributed by atoms with Crippen LogP contribution in [0.2, 0.25) is 5.02 Å². The highest BCUT2D eigenvalue weighted by Gasteiger charge is 2.20. The van der Waals surface area contributed by atoms with Crippen LogP contribution in [0.15, 0.2) is 34.5 Å². The first-order valence-corrected chi connectivity index (χ1v) is 5.74. The van der Waals surface area contributed by atoms with Gasteiger partial charge < -0.3 is 5.73 Å². The van der Waals surface area contributed by atoms with Crippen molar-refractivity contribution >= 4 is 23.1 Å². The van der Waals surface area contributed by atoms with Gasteiger partial charge in [-0.15, -0.1) is 5.10 Å². The number of benzene rings is 1. The van der Waals surface area contributed by atoms with E-state index in [1.54, 1.807) is 0 Å². The van der Waals surface area contributed by atoms with E-state index in [0.717, 1.165) is 29.1 Å². The molecule has 1 aromatic rings. The van der Waals surface area contributed by atoms with Gasteiger partial charge >= 0.3 is 0 Å². The van der Waals surface area contributed by atoms with Crippen molar-refractivity contribution in [1.82, 2.24) is 0 Å². The molecule has 16 heavy (non-hydrogen) atoms. The molecular weight excluding hydrogens is 222 g/mol. The van der Waals surface area contributed by atoms with Gasteiger partial charge in [-0.3, -0.25) is 0 Å². The predicted octanol–water partition coefficient (Wildman–Crippen LogP) is 2.83. The van der Waals surface area contributed by atoms with E-state index < -0.39 is 0 Å². The minimum Gasteiger partial charge on any atom is -0.386 e. The summed E-state index contributed by atoms with van der Waals surface area (Å²) in [7, 11) is 0. The number of hydrogen-bond acceptors (Lipinski definition) is 3. The summed E-state index contributed by atoms with van der Waals surface area (Å²) in [6.45, 7) is 2.13. The van der Waals surface area contributed by atoms with Crippen LogP contribution in [0.1, 0.15) is 25.3 Å². The van der Waals surface area contributed by atoms with E-state index in [9.17, 15) is 0 Å². The first kappa shape index (κ1) is 11.1. The van der Waals surface area contributed by atoms with Crippen LogP contribution in [-0.4, -0.2) is 11.5 Å². The molecule has 1 aliphatic rings. The molecule has 1 heterocycles. The first-order valence-electron chi connectivity index (χ1n) is 5.36. The average molecular weight is 236 g/mol. The maximum atomic E-state index is 5.86. The van der Waals surface area contributed by atoms with Crippen molar-refractivity contribution in [3.05, 3.63) is 34.9 Å². The highest BCUT2D eigenvalue weighted by molar-refractivity contribution is 6.30. The quantitative estimate of drug-likeness (QED) is 0.842. The van der Waals surface area contributed by atoms with Gasteiger partial charge in [0.15, 0.2) is 0 Å². The summed E-state index contributed by atoms with van der Waals surface area (Å²) in [5.74, 6) is 0.975. The van der Waals surface area contributed by atoms with Crippen LogP contribution in [0.5, 0.6) is 0 Å². The van der Waals surface area contributed by atoms with Gasteiger partial charge in [0.05, 0.1) is 5.71 Å². The zero-order valence-corrected chi connectivity index (χ0v) is 9.91. The summed E-state index contributed by atoms with van der Waals surface area (Å²) in [4.78, 5) is 0. The lowest BCUT2D eigenvalue weighted by atomic mass is 9.90. The fraction of sp³-hybridized carbons (Fsp3) is 0.333. The van der Waals surface area contributed by atoms with Gasteiger partial charge in [-0.1, -0.05) is 30.7 Å². The Hall–Kier alpha value is -1.35. The van der Waals surface area contributed by atoms with Gasteiger partial charge in [0.2, 0.25) is 0 Å². The second kappa shape index (κ2) is 4.66. The van der Waals surface area contributed by atoms with Crippen LogP contribution in [0, 0.1) is 5.92 Å². The number of halogens is 1. The third kappa shape index (κ3) is 2.25. The maximum Gasteiger partial charge on any atom is 0.123 e. The van der Waals surface area contributed by atoms with Gasteiger partial charge in [0.1, 0.15) is 5.84 Å². The Labute approximate surface area is 100 Å². The van der Waals surface area contributed by atoms with Crippen LogP contribution in [0.3, 0.4) is 0 Å². The van der Waals surface area contributed by atoms with E-state index in [0.29, 0.717) is 11.8 Å². The molecule has 0 amide bonds. The summed E-state index contributed by atoms with van der Waals surface area (Å²) in [6.07, 6.45) is 1.80. The summed E-state index contributed by atoms with van der Waals surface area (Å²) in [5.41, 5.74) is 7.77. The smallest absolute Gasteiger partial charge is 0.123 e. The van der Waals surface area contributed by atoms with Crippen molar-refractivity contribution < 1.29 is 0 Å². The van der Waals surface area contributed by atoms with Crippen LogP contribution in [0.25, 0.3) is 0 Å². The molecule has 0 bridgehead atoms. The minimum absolute atomic E-state index is 0.360. The number of rotatable bonds is 2. The van der Waals surface area contributed by atoms with Crippen molar-refractivity contribution in [3.8, 4) is 0 Å². The van der Waals surface area contributed by atoms with Crippen LogP contribution < -0.4 is 5.73 Å². The normalized spacial score (nSPS) is 20.2. The third-order valence-corrected chi connectivity index (χ3v) is 3.01. The van der Waals surface area contributed by atoms with E-state index in [4.69, 9.17) is 17.3 Å². The Balaban J connectivity index is 2.34. The highest BCUT2D eigenvalue weighted by Crippen LogP contribution is 2.21. The molecule has 0 fully saturated rings. The molecule has 1 aliphatic heterocycles. The molecule has 4 heteroatoms. The number of nitrogens with zero attached hydrogens (tertiary/aromatic N) is 2. The lowest BCUT2D eigenvalue weighted by Crippen LogP contribution is -2.26. The Morgan fingerprint density at radius 2 is 2.00 bits per heavy atom. The summed E-state index contributed by atoms with van der Waals surface area (Å²) >= 11 is 5.86. The summed E-state index contributed by atoms with van der Waals surface area (Å²) in [6, 6.07) is 7.68. The zero-order valence-electron chi connectivity index (χ0n) is 9.15. The molecule has 0 aliphatic carbocycles. The van der Waals surface area contributed by atoms with E-state index in [1.165, 1.54) is 0 Å². The predicted molar refractivity (Wildman–Crippen MR) is 68.0 cm³/mol. The minimum atomic E-state index is 0.360. The van der Waals surface area contributed by atoms with E-state index >= 15 is 0 Å². The van der Waals surface area contributed by atoms with Gasteiger partial charge in [0, 0.05) is 17.4 Å². The Morgan fingerprint density at radius 3 is 2.62 bits per heavy atom. The molecule has 84 valence electrons. The lowest BCUT2D eigenvalue weighted by molar-refractivity contribution is 0.677. The van der Waals surface area contributed by atoms with Crippen LogP contribution in [0.4, 0.5) is 0 Å². The van der Waals surface area contributed by atoms with Crippen molar-refractivity contribution in [1.29, 1.82) is 0 Å². The average Bonchev–Trinajstić information content (AvgIpc) is 2.30. The summed E-state index contributed by atoms with van der Waals surface area (Å²) in [5, 5.41) is 8.89. The van der Waals surface area contributed by atoms with E-state index in [2.05, 4.69) is 17.1 Å². The maximum absolute atomic E-state index is 5.86. The molecule has 1 unspecified atom stereocenters. The van der Waals surface area contributed by atoms with Gasteiger partial charge in [-0.05, 0) is 24.1 Å². The Bertz CT molecular complexity index is 434. The van der Waals surface area contributed by atoms with Crippen molar-refractivity contribution in [2.45, 2.75) is 19.8 Å². The second-order valence-electron chi connectivity index (χ2n) is 3.89. The van der Waals surface area contributed by atoms with Gasteiger partial charge in [-0.2, -0.15) is 5.10 Å². The van der Waals surface area contributed by atoms with Crippen molar-refractivity contribution in [2.24, 2.45) is 21.9 Å². The monoisotopic (exact) mass is 235 g/mol. The van der Waals surface area contributed by atoms with Gasteiger partial charge in [-0.25, -0.2) is 0 Å². The number of hydrogen-bond donors (Lipinski definition) is 1. The fourth-order valence-electron chi connectivity index (χ4n) is 1.84.